The first-order valence-corrected chi connectivity index (χ1v) is 8.17. The number of amides is 1. The van der Waals surface area contributed by atoms with Gasteiger partial charge in [-0.3, -0.25) is 4.79 Å². The lowest BCUT2D eigenvalue weighted by molar-refractivity contribution is -0.148. The molecule has 2 fully saturated rings. The number of carbonyl (C=O) groups is 2. The normalized spacial score (nSPS) is 30.6. The zero-order valence-corrected chi connectivity index (χ0v) is 12.4. The number of nitrogens with one attached hydrogen (secondary N) is 1. The van der Waals surface area contributed by atoms with Gasteiger partial charge in [-0.1, -0.05) is 25.7 Å². The Balaban J connectivity index is 2.11. The Morgan fingerprint density at radius 2 is 1.68 bits per heavy atom. The standard InChI is InChI=1S/C14H23NO3S/c1-13(7-6-10-19-13)11(16)15-14(12(17)18)8-4-2-3-5-9-14/h2-10H2,1H3,(H,15,16)(H,17,18). The van der Waals surface area contributed by atoms with Crippen LogP contribution in [0.2, 0.25) is 0 Å². The zero-order chi connectivity index (χ0) is 13.9. The number of rotatable bonds is 3. The van der Waals surface area contributed by atoms with Crippen molar-refractivity contribution < 1.29 is 14.7 Å². The molecule has 0 aromatic heterocycles. The summed E-state index contributed by atoms with van der Waals surface area (Å²) < 4.78 is -0.436. The van der Waals surface area contributed by atoms with Crippen LogP contribution in [-0.4, -0.2) is 33.0 Å². The second-order valence-electron chi connectivity index (χ2n) is 5.94. The summed E-state index contributed by atoms with van der Waals surface area (Å²) in [5.41, 5.74) is -1.03. The fraction of sp³-hybridized carbons (Fsp3) is 0.857. The minimum Gasteiger partial charge on any atom is -0.480 e. The van der Waals surface area contributed by atoms with E-state index in [1.54, 1.807) is 11.8 Å². The molecule has 2 aliphatic rings. The van der Waals surface area contributed by atoms with Gasteiger partial charge in [0.2, 0.25) is 5.91 Å². The van der Waals surface area contributed by atoms with Crippen LogP contribution in [0.4, 0.5) is 0 Å². The molecule has 1 heterocycles. The molecule has 1 unspecified atom stereocenters. The first-order valence-electron chi connectivity index (χ1n) is 7.19. The number of carbonyl (C=O) groups excluding carboxylic acids is 1. The van der Waals surface area contributed by atoms with E-state index in [0.29, 0.717) is 12.8 Å². The molecule has 2 N–H and O–H groups in total. The Bertz CT molecular complexity index is 356. The molecule has 108 valence electrons. The van der Waals surface area contributed by atoms with Crippen LogP contribution in [0.1, 0.15) is 58.3 Å². The molecular weight excluding hydrogens is 262 g/mol. The van der Waals surface area contributed by atoms with Crippen LogP contribution in [0.5, 0.6) is 0 Å². The molecule has 0 bridgehead atoms. The topological polar surface area (TPSA) is 66.4 Å². The molecule has 19 heavy (non-hydrogen) atoms. The third-order valence-corrected chi connectivity index (χ3v) is 5.94. The van der Waals surface area contributed by atoms with Crippen molar-refractivity contribution in [1.82, 2.24) is 5.32 Å². The number of carboxylic acid groups (broad SMARTS) is 1. The Hall–Kier alpha value is -0.710. The zero-order valence-electron chi connectivity index (χ0n) is 11.5. The van der Waals surface area contributed by atoms with Crippen molar-refractivity contribution >= 4 is 23.6 Å². The van der Waals surface area contributed by atoms with Crippen molar-refractivity contribution in [3.63, 3.8) is 0 Å². The maximum absolute atomic E-state index is 12.5. The van der Waals surface area contributed by atoms with Gasteiger partial charge >= 0.3 is 5.97 Å². The van der Waals surface area contributed by atoms with Gasteiger partial charge in [-0.05, 0) is 38.4 Å². The Labute approximate surface area is 118 Å². The minimum atomic E-state index is -1.03. The summed E-state index contributed by atoms with van der Waals surface area (Å²) in [6.07, 6.45) is 6.91. The van der Waals surface area contributed by atoms with Gasteiger partial charge in [0, 0.05) is 0 Å². The molecule has 0 aromatic carbocycles. The van der Waals surface area contributed by atoms with Crippen molar-refractivity contribution in [2.24, 2.45) is 0 Å². The predicted octanol–water partition coefficient (Wildman–Crippen LogP) is 2.57. The molecule has 1 aliphatic carbocycles. The molecule has 0 radical (unpaired) electrons. The van der Waals surface area contributed by atoms with Crippen molar-refractivity contribution in [3.05, 3.63) is 0 Å². The quantitative estimate of drug-likeness (QED) is 0.782. The molecule has 1 amide bonds. The third kappa shape index (κ3) is 3.07. The molecule has 5 heteroatoms. The highest BCUT2D eigenvalue weighted by Crippen LogP contribution is 2.39. The van der Waals surface area contributed by atoms with Crippen LogP contribution in [0.3, 0.4) is 0 Å². The van der Waals surface area contributed by atoms with E-state index < -0.39 is 16.3 Å². The summed E-state index contributed by atoms with van der Waals surface area (Å²) in [6.45, 7) is 1.94. The summed E-state index contributed by atoms with van der Waals surface area (Å²) >= 11 is 1.65. The molecular formula is C14H23NO3S. The van der Waals surface area contributed by atoms with E-state index in [-0.39, 0.29) is 5.91 Å². The van der Waals surface area contributed by atoms with Gasteiger partial charge in [0.05, 0.1) is 4.75 Å². The van der Waals surface area contributed by atoms with Crippen LogP contribution < -0.4 is 5.32 Å². The van der Waals surface area contributed by atoms with E-state index in [1.165, 1.54) is 0 Å². The van der Waals surface area contributed by atoms with Crippen LogP contribution in [0.25, 0.3) is 0 Å². The van der Waals surface area contributed by atoms with Gasteiger partial charge in [0.15, 0.2) is 0 Å². The lowest BCUT2D eigenvalue weighted by Gasteiger charge is -2.33. The van der Waals surface area contributed by atoms with E-state index in [0.717, 1.165) is 44.3 Å². The Morgan fingerprint density at radius 1 is 1.05 bits per heavy atom. The fourth-order valence-corrected chi connectivity index (χ4v) is 4.24. The summed E-state index contributed by atoms with van der Waals surface area (Å²) in [4.78, 5) is 24.1. The van der Waals surface area contributed by atoms with Crippen molar-refractivity contribution in [3.8, 4) is 0 Å². The molecule has 2 rings (SSSR count). The second-order valence-corrected chi connectivity index (χ2v) is 7.54. The number of carboxylic acids is 1. The molecule has 1 atom stereocenters. The second kappa shape index (κ2) is 5.73. The Kier molecular flexibility index (Phi) is 4.43. The average Bonchev–Trinajstić information content (AvgIpc) is 2.67. The van der Waals surface area contributed by atoms with Crippen molar-refractivity contribution in [2.45, 2.75) is 68.6 Å². The molecule has 0 aromatic rings. The van der Waals surface area contributed by atoms with E-state index >= 15 is 0 Å². The smallest absolute Gasteiger partial charge is 0.329 e. The molecule has 1 saturated carbocycles. The SMILES string of the molecule is CC1(C(=O)NC2(C(=O)O)CCCCCC2)CCCS1. The minimum absolute atomic E-state index is 0.0840. The van der Waals surface area contributed by atoms with E-state index in [9.17, 15) is 14.7 Å². The van der Waals surface area contributed by atoms with Crippen LogP contribution in [-0.2, 0) is 9.59 Å². The van der Waals surface area contributed by atoms with Crippen LogP contribution in [0.15, 0.2) is 0 Å². The maximum atomic E-state index is 12.5. The number of aliphatic carboxylic acids is 1. The fourth-order valence-electron chi connectivity index (χ4n) is 3.03. The van der Waals surface area contributed by atoms with Gasteiger partial charge in [0.25, 0.3) is 0 Å². The first-order chi connectivity index (χ1) is 8.99. The van der Waals surface area contributed by atoms with Gasteiger partial charge in [-0.15, -0.1) is 11.8 Å². The number of hydrogen-bond acceptors (Lipinski definition) is 3. The van der Waals surface area contributed by atoms with E-state index in [1.807, 2.05) is 6.92 Å². The first kappa shape index (κ1) is 14.7. The molecule has 4 nitrogen and oxygen atoms in total. The lowest BCUT2D eigenvalue weighted by atomic mass is 9.89. The maximum Gasteiger partial charge on any atom is 0.329 e. The predicted molar refractivity (Wildman–Crippen MR) is 76.3 cm³/mol. The highest BCUT2D eigenvalue weighted by Gasteiger charge is 2.45. The van der Waals surface area contributed by atoms with Gasteiger partial charge in [-0.2, -0.15) is 0 Å². The average molecular weight is 285 g/mol. The summed E-state index contributed by atoms with van der Waals surface area (Å²) in [6, 6.07) is 0. The highest BCUT2D eigenvalue weighted by molar-refractivity contribution is 8.01. The van der Waals surface area contributed by atoms with Gasteiger partial charge in [0.1, 0.15) is 5.54 Å². The van der Waals surface area contributed by atoms with E-state index in [2.05, 4.69) is 5.32 Å². The van der Waals surface area contributed by atoms with Crippen molar-refractivity contribution in [1.29, 1.82) is 0 Å². The molecule has 1 aliphatic heterocycles. The number of thioether (sulfide) groups is 1. The Morgan fingerprint density at radius 3 is 2.16 bits per heavy atom. The largest absolute Gasteiger partial charge is 0.480 e. The molecule has 1 saturated heterocycles. The van der Waals surface area contributed by atoms with Crippen LogP contribution in [0, 0.1) is 0 Å². The third-order valence-electron chi connectivity index (χ3n) is 4.42. The highest BCUT2D eigenvalue weighted by atomic mass is 32.2. The van der Waals surface area contributed by atoms with Crippen LogP contribution >= 0.6 is 11.8 Å². The monoisotopic (exact) mass is 285 g/mol. The van der Waals surface area contributed by atoms with E-state index in [4.69, 9.17) is 0 Å². The van der Waals surface area contributed by atoms with Gasteiger partial charge in [-0.25, -0.2) is 4.79 Å². The summed E-state index contributed by atoms with van der Waals surface area (Å²) in [7, 11) is 0. The van der Waals surface area contributed by atoms with Gasteiger partial charge < -0.3 is 10.4 Å². The lowest BCUT2D eigenvalue weighted by Crippen LogP contribution is -2.58. The summed E-state index contributed by atoms with van der Waals surface area (Å²) in [5.74, 6) is 0.0397. The summed E-state index contributed by atoms with van der Waals surface area (Å²) in [5, 5.41) is 12.5. The number of hydrogen-bond donors (Lipinski definition) is 2. The molecule has 0 spiro atoms. The van der Waals surface area contributed by atoms with Crippen molar-refractivity contribution in [2.75, 3.05) is 5.75 Å².